The van der Waals surface area contributed by atoms with E-state index in [9.17, 15) is 24.0 Å². The number of esters is 3. The van der Waals surface area contributed by atoms with Crippen molar-refractivity contribution >= 4 is 41.1 Å². The van der Waals surface area contributed by atoms with Crippen LogP contribution in [-0.4, -0.2) is 50.0 Å². The van der Waals surface area contributed by atoms with Crippen molar-refractivity contribution in [2.24, 2.45) is 0 Å². The van der Waals surface area contributed by atoms with Crippen LogP contribution in [0.2, 0.25) is 0 Å². The van der Waals surface area contributed by atoms with Gasteiger partial charge in [-0.2, -0.15) is 0 Å². The summed E-state index contributed by atoms with van der Waals surface area (Å²) in [6, 6.07) is 47.0. The minimum absolute atomic E-state index is 0.0147. The molecule has 0 unspecified atom stereocenters. The molecule has 0 spiro atoms. The number of anilines is 2. The molecule has 0 fully saturated rings. The quantitative estimate of drug-likeness (QED) is 0.0516. The van der Waals surface area contributed by atoms with E-state index in [1.807, 2.05) is 121 Å². The number of ether oxygens (including phenoxy) is 7. The number of amides is 2. The van der Waals surface area contributed by atoms with Crippen LogP contribution in [0.3, 0.4) is 0 Å². The Morgan fingerprint density at radius 2 is 0.729 bits per heavy atom. The van der Waals surface area contributed by atoms with Crippen molar-refractivity contribution in [2.75, 3.05) is 31.0 Å². The summed E-state index contributed by atoms with van der Waals surface area (Å²) in [5.74, 6) is -3.66. The molecule has 7 aromatic carbocycles. The van der Waals surface area contributed by atoms with Gasteiger partial charge in [0.25, 0.3) is 11.8 Å². The fraction of sp³-hybridized carbons (Fsp3) is 0.161. The second-order valence-electron chi connectivity index (χ2n) is 15.4. The Kier molecular flexibility index (Phi) is 17.0. The van der Waals surface area contributed by atoms with E-state index >= 15 is 0 Å². The maximum Gasteiger partial charge on any atom is 0.342 e. The lowest BCUT2D eigenvalue weighted by Gasteiger charge is -2.19. The number of rotatable bonds is 21. The van der Waals surface area contributed by atoms with Gasteiger partial charge in [0.1, 0.15) is 60.6 Å². The average molecular weight is 943 g/mol. The molecule has 0 aliphatic heterocycles. The van der Waals surface area contributed by atoms with E-state index < -0.39 is 29.7 Å². The molecule has 2 N–H and O–H groups in total. The zero-order valence-electron chi connectivity index (χ0n) is 38.7. The van der Waals surface area contributed by atoms with Crippen LogP contribution in [0.25, 0.3) is 0 Å². The highest BCUT2D eigenvalue weighted by Gasteiger charge is 2.27. The highest BCUT2D eigenvalue weighted by Crippen LogP contribution is 2.35. The molecule has 0 bridgehead atoms. The van der Waals surface area contributed by atoms with E-state index in [0.717, 1.165) is 22.3 Å². The third-order valence-corrected chi connectivity index (χ3v) is 10.4. The van der Waals surface area contributed by atoms with Crippen LogP contribution >= 0.6 is 0 Å². The first-order valence-electron chi connectivity index (χ1n) is 22.4. The standard InChI is InChI=1S/C56H50N2O12/c1-4-65-55(62)48-31-44(67-33-37-18-10-6-11-19-37)29-46(50(48)69-35-39-22-14-8-15-23-39)52(59)57-42-26-41(54(61)64-3)27-43(28-42)58-53(60)47-30-45(68-34-38-20-12-7-13-21-38)32-49(56(63)66-5-2)51(47)70-36-40-24-16-9-17-25-40/h6-32H,4-5,33-36H2,1-3H3,(H,57,59)(H,58,60). The minimum Gasteiger partial charge on any atom is -0.489 e. The fourth-order valence-electron chi connectivity index (χ4n) is 7.09. The van der Waals surface area contributed by atoms with Crippen molar-refractivity contribution < 1.29 is 57.1 Å². The number of benzene rings is 7. The highest BCUT2D eigenvalue weighted by atomic mass is 16.5. The van der Waals surface area contributed by atoms with Crippen molar-refractivity contribution in [2.45, 2.75) is 40.3 Å². The van der Waals surface area contributed by atoms with Gasteiger partial charge in [0.05, 0.1) is 37.0 Å². The van der Waals surface area contributed by atoms with Gasteiger partial charge in [-0.3, -0.25) is 9.59 Å². The van der Waals surface area contributed by atoms with E-state index in [-0.39, 0.29) is 102 Å². The largest absolute Gasteiger partial charge is 0.489 e. The number of carbonyl (C=O) groups excluding carboxylic acids is 5. The first kappa shape index (κ1) is 49.0. The summed E-state index contributed by atoms with van der Waals surface area (Å²) in [6.45, 7) is 3.59. The maximum absolute atomic E-state index is 14.6. The molecular formula is C56H50N2O12. The van der Waals surface area contributed by atoms with Crippen molar-refractivity contribution in [1.29, 1.82) is 0 Å². The SMILES string of the molecule is CCOC(=O)c1cc(OCc2ccccc2)cc(C(=O)Nc2cc(NC(=O)c3cc(OCc4ccccc4)cc(C(=O)OCC)c3OCc3ccccc3)cc(C(=O)OC)c2)c1OCc1ccccc1. The second kappa shape index (κ2) is 24.2. The number of methoxy groups -OCH3 is 1. The van der Waals surface area contributed by atoms with E-state index in [1.54, 1.807) is 13.8 Å². The highest BCUT2D eigenvalue weighted by molar-refractivity contribution is 6.12. The first-order chi connectivity index (χ1) is 34.1. The summed E-state index contributed by atoms with van der Waals surface area (Å²) < 4.78 is 40.6. The van der Waals surface area contributed by atoms with Crippen LogP contribution in [-0.2, 0) is 40.6 Å². The molecule has 0 saturated carbocycles. The van der Waals surface area contributed by atoms with Gasteiger partial charge in [0.2, 0.25) is 0 Å². The van der Waals surface area contributed by atoms with Gasteiger partial charge in [-0.05, 0) is 78.6 Å². The third kappa shape index (κ3) is 13.2. The molecule has 7 aromatic rings. The predicted octanol–water partition coefficient (Wildman–Crippen LogP) is 10.6. The van der Waals surface area contributed by atoms with Crippen LogP contribution in [0.5, 0.6) is 23.0 Å². The molecule has 70 heavy (non-hydrogen) atoms. The number of hydrogen-bond donors (Lipinski definition) is 2. The van der Waals surface area contributed by atoms with Gasteiger partial charge in [-0.15, -0.1) is 0 Å². The Balaban J connectivity index is 1.26. The molecule has 0 atom stereocenters. The fourth-order valence-corrected chi connectivity index (χ4v) is 7.09. The maximum atomic E-state index is 14.6. The van der Waals surface area contributed by atoms with Crippen molar-refractivity contribution in [1.82, 2.24) is 0 Å². The molecule has 0 aromatic heterocycles. The van der Waals surface area contributed by atoms with Crippen LogP contribution in [0.4, 0.5) is 11.4 Å². The Morgan fingerprint density at radius 3 is 1.06 bits per heavy atom. The molecule has 0 aliphatic rings. The lowest BCUT2D eigenvalue weighted by atomic mass is 10.1. The van der Waals surface area contributed by atoms with E-state index in [1.165, 1.54) is 49.6 Å². The van der Waals surface area contributed by atoms with Crippen molar-refractivity contribution in [3.05, 3.63) is 214 Å². The van der Waals surface area contributed by atoms with E-state index in [0.29, 0.717) is 0 Å². The molecular weight excluding hydrogens is 893 g/mol. The molecule has 7 rings (SSSR count). The molecule has 0 heterocycles. The van der Waals surface area contributed by atoms with E-state index in [2.05, 4.69) is 10.6 Å². The molecule has 0 saturated heterocycles. The summed E-state index contributed by atoms with van der Waals surface area (Å²) in [5, 5.41) is 5.61. The molecule has 14 heteroatoms. The van der Waals surface area contributed by atoms with E-state index in [4.69, 9.17) is 33.2 Å². The summed E-state index contributed by atoms with van der Waals surface area (Å²) in [4.78, 5) is 69.6. The van der Waals surface area contributed by atoms with Crippen molar-refractivity contribution in [3.8, 4) is 23.0 Å². The smallest absolute Gasteiger partial charge is 0.342 e. The average Bonchev–Trinajstić information content (AvgIpc) is 3.39. The minimum atomic E-state index is -0.785. The first-order valence-corrected chi connectivity index (χ1v) is 22.4. The molecule has 356 valence electrons. The van der Waals surface area contributed by atoms with Gasteiger partial charge in [-0.1, -0.05) is 121 Å². The predicted molar refractivity (Wildman–Crippen MR) is 262 cm³/mol. The monoisotopic (exact) mass is 942 g/mol. The Morgan fingerprint density at radius 1 is 0.400 bits per heavy atom. The topological polar surface area (TPSA) is 174 Å². The van der Waals surface area contributed by atoms with Gasteiger partial charge in [0, 0.05) is 11.4 Å². The Bertz CT molecular complexity index is 2740. The zero-order chi connectivity index (χ0) is 49.2. The van der Waals surface area contributed by atoms with Crippen LogP contribution in [0.1, 0.15) is 87.9 Å². The van der Waals surface area contributed by atoms with Gasteiger partial charge < -0.3 is 43.8 Å². The summed E-state index contributed by atoms with van der Waals surface area (Å²) in [6.07, 6.45) is 0. The van der Waals surface area contributed by atoms with Gasteiger partial charge in [-0.25, -0.2) is 14.4 Å². The van der Waals surface area contributed by atoms with Crippen LogP contribution < -0.4 is 29.6 Å². The zero-order valence-corrected chi connectivity index (χ0v) is 38.7. The number of hydrogen-bond acceptors (Lipinski definition) is 12. The summed E-state index contributed by atoms with van der Waals surface area (Å²) in [7, 11) is 1.19. The molecule has 2 amide bonds. The van der Waals surface area contributed by atoms with Gasteiger partial charge >= 0.3 is 17.9 Å². The third-order valence-electron chi connectivity index (χ3n) is 10.4. The molecule has 0 radical (unpaired) electrons. The number of nitrogens with one attached hydrogen (secondary N) is 2. The normalized spacial score (nSPS) is 10.6. The summed E-state index contributed by atoms with van der Waals surface area (Å²) >= 11 is 0. The number of carbonyl (C=O) groups is 5. The Labute approximate surface area is 405 Å². The molecule has 14 nitrogen and oxygen atoms in total. The second-order valence-corrected chi connectivity index (χ2v) is 15.4. The van der Waals surface area contributed by atoms with Crippen LogP contribution in [0.15, 0.2) is 164 Å². The summed E-state index contributed by atoms with van der Waals surface area (Å²) in [5.41, 5.74) is 2.90. The van der Waals surface area contributed by atoms with Gasteiger partial charge in [0.15, 0.2) is 0 Å². The van der Waals surface area contributed by atoms with Crippen molar-refractivity contribution in [3.63, 3.8) is 0 Å². The Hall–Kier alpha value is -8.91. The lowest BCUT2D eigenvalue weighted by molar-refractivity contribution is 0.0510. The molecule has 0 aliphatic carbocycles. The van der Waals surface area contributed by atoms with Crippen LogP contribution in [0, 0.1) is 0 Å². The lowest BCUT2D eigenvalue weighted by Crippen LogP contribution is -2.19.